The van der Waals surface area contributed by atoms with E-state index in [0.29, 0.717) is 11.5 Å². The van der Waals surface area contributed by atoms with Gasteiger partial charge < -0.3 is 15.4 Å². The Balaban J connectivity index is 1.15. The Bertz CT molecular complexity index is 740. The first-order valence-corrected chi connectivity index (χ1v) is 12.0. The molecule has 6 nitrogen and oxygen atoms in total. The quantitative estimate of drug-likeness (QED) is 0.640. The molecular weight excluding hydrogens is 405 g/mol. The lowest BCUT2D eigenvalue weighted by atomic mass is 9.83. The van der Waals surface area contributed by atoms with E-state index in [1.54, 1.807) is 12.1 Å². The van der Waals surface area contributed by atoms with Crippen molar-refractivity contribution in [2.45, 2.75) is 75.1 Å². The molecule has 3 atom stereocenters. The van der Waals surface area contributed by atoms with Crippen LogP contribution in [0.1, 0.15) is 51.4 Å². The predicted octanol–water partition coefficient (Wildman–Crippen LogP) is 2.93. The smallest absolute Gasteiger partial charge is 0.230 e. The van der Waals surface area contributed by atoms with Crippen molar-refractivity contribution in [2.24, 2.45) is 5.92 Å². The third kappa shape index (κ3) is 5.66. The number of rotatable bonds is 6. The van der Waals surface area contributed by atoms with Crippen LogP contribution in [0.15, 0.2) is 24.3 Å². The Morgan fingerprint density at radius 2 is 1.83 bits per heavy atom. The second kappa shape index (κ2) is 10.0. The molecule has 164 valence electrons. The van der Waals surface area contributed by atoms with Gasteiger partial charge in [-0.15, -0.1) is 11.8 Å². The van der Waals surface area contributed by atoms with E-state index in [1.165, 1.54) is 23.9 Å². The van der Waals surface area contributed by atoms with Crippen molar-refractivity contribution >= 4 is 23.6 Å². The lowest BCUT2D eigenvalue weighted by molar-refractivity contribution is -0.129. The molecule has 0 bridgehead atoms. The van der Waals surface area contributed by atoms with Crippen molar-refractivity contribution in [1.29, 1.82) is 0 Å². The Morgan fingerprint density at radius 3 is 2.60 bits per heavy atom. The third-order valence-corrected chi connectivity index (χ3v) is 7.29. The molecule has 30 heavy (non-hydrogen) atoms. The number of hydrogen-bond donors (Lipinski definition) is 3. The summed E-state index contributed by atoms with van der Waals surface area (Å²) in [5.41, 5.74) is -0.192. The lowest BCUT2D eigenvalue weighted by Crippen LogP contribution is -2.61. The summed E-state index contributed by atoms with van der Waals surface area (Å²) >= 11 is 1.45. The first-order chi connectivity index (χ1) is 14.6. The zero-order valence-corrected chi connectivity index (χ0v) is 17.9. The molecule has 1 aliphatic heterocycles. The van der Waals surface area contributed by atoms with Gasteiger partial charge in [-0.05, 0) is 62.8 Å². The second-order valence-electron chi connectivity index (χ2n) is 8.48. The molecule has 4 rings (SSSR count). The van der Waals surface area contributed by atoms with Gasteiger partial charge >= 0.3 is 0 Å². The van der Waals surface area contributed by atoms with Gasteiger partial charge in [0.25, 0.3) is 0 Å². The number of carbonyl (C=O) groups is 2. The molecule has 1 heterocycles. The summed E-state index contributed by atoms with van der Waals surface area (Å²) in [7, 11) is 0. The van der Waals surface area contributed by atoms with E-state index in [2.05, 4.69) is 16.0 Å². The highest BCUT2D eigenvalue weighted by Crippen LogP contribution is 2.29. The van der Waals surface area contributed by atoms with Crippen LogP contribution in [0.25, 0.3) is 0 Å². The number of fused-ring (bicyclic) bond motifs is 1. The van der Waals surface area contributed by atoms with E-state index < -0.39 is 0 Å². The van der Waals surface area contributed by atoms with Gasteiger partial charge in [-0.2, -0.15) is 0 Å². The van der Waals surface area contributed by atoms with Gasteiger partial charge in [0.05, 0.1) is 17.8 Å². The molecule has 3 fully saturated rings. The molecule has 2 aliphatic carbocycles. The van der Waals surface area contributed by atoms with E-state index in [0.717, 1.165) is 51.4 Å². The highest BCUT2D eigenvalue weighted by atomic mass is 32.2. The first-order valence-electron chi connectivity index (χ1n) is 11.0. The zero-order valence-electron chi connectivity index (χ0n) is 17.1. The second-order valence-corrected chi connectivity index (χ2v) is 9.57. The van der Waals surface area contributed by atoms with Crippen molar-refractivity contribution < 1.29 is 18.7 Å². The van der Waals surface area contributed by atoms with Gasteiger partial charge in [0.2, 0.25) is 11.8 Å². The maximum absolute atomic E-state index is 13.0. The molecule has 0 aromatic heterocycles. The van der Waals surface area contributed by atoms with Crippen LogP contribution in [-0.2, 0) is 9.59 Å². The number of amides is 2. The van der Waals surface area contributed by atoms with Crippen molar-refractivity contribution in [2.75, 3.05) is 5.75 Å². The van der Waals surface area contributed by atoms with Crippen LogP contribution in [0.2, 0.25) is 0 Å². The van der Waals surface area contributed by atoms with E-state index >= 15 is 0 Å². The maximum atomic E-state index is 13.0. The molecule has 0 radical (unpaired) electrons. The number of benzene rings is 1. The third-order valence-electron chi connectivity index (χ3n) is 6.28. The van der Waals surface area contributed by atoms with Crippen molar-refractivity contribution in [1.82, 2.24) is 16.0 Å². The number of halogens is 1. The molecule has 1 aromatic carbocycles. The van der Waals surface area contributed by atoms with Gasteiger partial charge in [0.1, 0.15) is 17.1 Å². The molecule has 1 saturated heterocycles. The summed E-state index contributed by atoms with van der Waals surface area (Å²) in [6, 6.07) is 6.49. The van der Waals surface area contributed by atoms with Crippen LogP contribution in [0.5, 0.6) is 5.75 Å². The molecule has 2 amide bonds. The lowest BCUT2D eigenvalue weighted by Gasteiger charge is -2.39. The fourth-order valence-electron chi connectivity index (χ4n) is 4.67. The minimum absolute atomic E-state index is 0.00437. The van der Waals surface area contributed by atoms with Gasteiger partial charge in [-0.1, -0.05) is 12.8 Å². The van der Waals surface area contributed by atoms with Crippen LogP contribution < -0.4 is 20.7 Å². The van der Waals surface area contributed by atoms with E-state index in [9.17, 15) is 14.0 Å². The van der Waals surface area contributed by atoms with Crippen LogP contribution in [0.4, 0.5) is 4.39 Å². The van der Waals surface area contributed by atoms with Gasteiger partial charge in [0.15, 0.2) is 0 Å². The summed E-state index contributed by atoms with van der Waals surface area (Å²) in [5, 5.41) is 9.60. The molecule has 1 aromatic rings. The van der Waals surface area contributed by atoms with Gasteiger partial charge in [-0.3, -0.25) is 14.9 Å². The highest BCUT2D eigenvalue weighted by Gasteiger charge is 2.37. The largest absolute Gasteiger partial charge is 0.490 e. The fourth-order valence-corrected chi connectivity index (χ4v) is 5.54. The number of carbonyl (C=O) groups excluding carboxylic acids is 2. The molecule has 2 saturated carbocycles. The molecule has 3 aliphatic rings. The average molecular weight is 436 g/mol. The summed E-state index contributed by atoms with van der Waals surface area (Å²) in [6.07, 6.45) is 7.81. The standard InChI is InChI=1S/C22H30FN3O3S/c23-14-5-9-16(10-6-14)29-17-11-7-15(8-12-17)24-20(27)13-30-22-25-19-4-2-1-3-18(19)21(28)26-22/h5-6,9-10,15,17-19,22,25H,1-4,7-8,11-13H2,(H,24,27)(H,26,28). The first kappa shape index (κ1) is 21.4. The fraction of sp³-hybridized carbons (Fsp3) is 0.636. The van der Waals surface area contributed by atoms with Gasteiger partial charge in [0, 0.05) is 12.1 Å². The average Bonchev–Trinajstić information content (AvgIpc) is 2.75. The van der Waals surface area contributed by atoms with E-state index in [1.807, 2.05) is 0 Å². The van der Waals surface area contributed by atoms with Crippen molar-refractivity contribution in [3.63, 3.8) is 0 Å². The maximum Gasteiger partial charge on any atom is 0.230 e. The topological polar surface area (TPSA) is 79.5 Å². The Labute approximate surface area is 181 Å². The summed E-state index contributed by atoms with van der Waals surface area (Å²) in [4.78, 5) is 24.7. The summed E-state index contributed by atoms with van der Waals surface area (Å²) in [6.45, 7) is 0. The molecule has 0 spiro atoms. The number of nitrogens with one attached hydrogen (secondary N) is 3. The Hall–Kier alpha value is -1.80. The van der Waals surface area contributed by atoms with Crippen LogP contribution in [0, 0.1) is 11.7 Å². The van der Waals surface area contributed by atoms with E-state index in [4.69, 9.17) is 4.74 Å². The normalized spacial score (nSPS) is 31.4. The Morgan fingerprint density at radius 1 is 1.10 bits per heavy atom. The number of thioether (sulfide) groups is 1. The molecule has 8 heteroatoms. The summed E-state index contributed by atoms with van der Waals surface area (Å²) in [5.74, 6) is 0.939. The molecule has 3 unspecified atom stereocenters. The molecular formula is C22H30FN3O3S. The number of hydrogen-bond acceptors (Lipinski definition) is 5. The van der Waals surface area contributed by atoms with Crippen molar-refractivity contribution in [3.8, 4) is 5.75 Å². The SMILES string of the molecule is O=C(CSC1NC(=O)C2CCCCC2N1)NC1CCC(Oc2ccc(F)cc2)CC1. The minimum Gasteiger partial charge on any atom is -0.490 e. The Kier molecular flexibility index (Phi) is 7.15. The van der Waals surface area contributed by atoms with Gasteiger partial charge in [-0.25, -0.2) is 4.39 Å². The summed E-state index contributed by atoms with van der Waals surface area (Å²) < 4.78 is 18.9. The zero-order chi connectivity index (χ0) is 20.9. The predicted molar refractivity (Wildman–Crippen MR) is 114 cm³/mol. The van der Waals surface area contributed by atoms with Crippen LogP contribution in [0.3, 0.4) is 0 Å². The van der Waals surface area contributed by atoms with Crippen molar-refractivity contribution in [3.05, 3.63) is 30.1 Å². The van der Waals surface area contributed by atoms with Crippen LogP contribution in [-0.4, -0.2) is 41.3 Å². The van der Waals surface area contributed by atoms with Crippen LogP contribution >= 0.6 is 11.8 Å². The highest BCUT2D eigenvalue weighted by molar-refractivity contribution is 8.00. The minimum atomic E-state index is -0.270. The number of ether oxygens (including phenoxy) is 1. The monoisotopic (exact) mass is 435 g/mol. The molecule has 3 N–H and O–H groups in total. The van der Waals surface area contributed by atoms with E-state index in [-0.39, 0.29) is 47.2 Å².